The highest BCUT2D eigenvalue weighted by atomic mass is 31.2. The van der Waals surface area contributed by atoms with Crippen molar-refractivity contribution in [3.8, 4) is 0 Å². The fourth-order valence-corrected chi connectivity index (χ4v) is 5.38. The zero-order valence-electron chi connectivity index (χ0n) is 19.3. The van der Waals surface area contributed by atoms with E-state index in [1.165, 1.54) is 17.2 Å². The van der Waals surface area contributed by atoms with Crippen LogP contribution in [0.3, 0.4) is 0 Å². The molecular formula is C21H33N2O9P. The molecule has 3 aliphatic heterocycles. The van der Waals surface area contributed by atoms with Gasteiger partial charge in [0, 0.05) is 6.20 Å². The number of esters is 1. The minimum absolute atomic E-state index is 0.0408. The predicted octanol–water partition coefficient (Wildman–Crippen LogP) is 2.04. The molecule has 12 heteroatoms. The lowest BCUT2D eigenvalue weighted by Gasteiger charge is -2.38. The minimum atomic E-state index is -3.96. The van der Waals surface area contributed by atoms with Crippen LogP contribution >= 0.6 is 7.82 Å². The molecule has 0 aliphatic carbocycles. The Morgan fingerprint density at radius 1 is 1.36 bits per heavy atom. The lowest BCUT2D eigenvalue weighted by Crippen LogP contribution is -2.60. The summed E-state index contributed by atoms with van der Waals surface area (Å²) < 4.78 is 40.5. The number of hydrogen-bond acceptors (Lipinski definition) is 10. The topological polar surface area (TPSA) is 144 Å². The average Bonchev–Trinajstić information content (AvgIpc) is 3.01. The van der Waals surface area contributed by atoms with Gasteiger partial charge in [0.05, 0.1) is 37.7 Å². The SMILES string of the molecule is CCCCCOC(=O)C(C)CCO[P@@]1(=O)OC[C@H]2O[C@@H](N3C=CC(=O)CC3=O)[C@](C)(N)[C@@H]2O1. The first-order valence-corrected chi connectivity index (χ1v) is 12.7. The van der Waals surface area contributed by atoms with E-state index < -0.39 is 43.6 Å². The van der Waals surface area contributed by atoms with Crippen molar-refractivity contribution in [3.63, 3.8) is 0 Å². The van der Waals surface area contributed by atoms with Crippen LogP contribution in [0.15, 0.2) is 12.3 Å². The van der Waals surface area contributed by atoms with Gasteiger partial charge in [-0.05, 0) is 25.8 Å². The van der Waals surface area contributed by atoms with Gasteiger partial charge in [0.15, 0.2) is 12.0 Å². The van der Waals surface area contributed by atoms with Crippen molar-refractivity contribution in [2.75, 3.05) is 19.8 Å². The summed E-state index contributed by atoms with van der Waals surface area (Å²) in [4.78, 5) is 37.1. The molecule has 0 aromatic rings. The van der Waals surface area contributed by atoms with Crippen molar-refractivity contribution >= 4 is 25.5 Å². The Labute approximate surface area is 193 Å². The Bertz CT molecular complexity index is 831. The lowest BCUT2D eigenvalue weighted by atomic mass is 9.92. The van der Waals surface area contributed by atoms with Gasteiger partial charge in [-0.1, -0.05) is 26.7 Å². The molecule has 2 N–H and O–H groups in total. The molecule has 0 bridgehead atoms. The van der Waals surface area contributed by atoms with Gasteiger partial charge in [0.25, 0.3) is 0 Å². The maximum Gasteiger partial charge on any atom is 0.475 e. The molecule has 11 nitrogen and oxygen atoms in total. The number of nitrogens with zero attached hydrogens (tertiary/aromatic N) is 1. The summed E-state index contributed by atoms with van der Waals surface area (Å²) >= 11 is 0. The fourth-order valence-electron chi connectivity index (χ4n) is 3.88. The van der Waals surface area contributed by atoms with Crippen molar-refractivity contribution in [2.45, 2.75) is 76.9 Å². The first-order valence-electron chi connectivity index (χ1n) is 11.3. The molecule has 3 heterocycles. The number of carbonyl (C=O) groups is 3. The lowest BCUT2D eigenvalue weighted by molar-refractivity contribution is -0.148. The molecule has 0 aromatic heterocycles. The van der Waals surface area contributed by atoms with E-state index in [4.69, 9.17) is 28.8 Å². The van der Waals surface area contributed by atoms with Gasteiger partial charge in [-0.15, -0.1) is 0 Å². The van der Waals surface area contributed by atoms with Crippen LogP contribution in [0.25, 0.3) is 0 Å². The highest BCUT2D eigenvalue weighted by Crippen LogP contribution is 2.57. The first kappa shape index (κ1) is 26.0. The number of carbonyl (C=O) groups excluding carboxylic acids is 3. The number of phosphoric acid groups is 1. The third-order valence-electron chi connectivity index (χ3n) is 5.91. The minimum Gasteiger partial charge on any atom is -0.465 e. The molecule has 1 unspecified atom stereocenters. The van der Waals surface area contributed by atoms with E-state index in [1.54, 1.807) is 13.8 Å². The van der Waals surface area contributed by atoms with Gasteiger partial charge >= 0.3 is 13.8 Å². The van der Waals surface area contributed by atoms with Crippen LogP contribution in [-0.4, -0.2) is 66.4 Å². The second-order valence-corrected chi connectivity index (χ2v) is 10.4. The Balaban J connectivity index is 1.53. The second kappa shape index (κ2) is 10.8. The van der Waals surface area contributed by atoms with E-state index in [0.717, 1.165) is 19.3 Å². The summed E-state index contributed by atoms with van der Waals surface area (Å²) in [6, 6.07) is 0. The van der Waals surface area contributed by atoms with E-state index in [-0.39, 0.29) is 37.8 Å². The quantitative estimate of drug-likeness (QED) is 0.210. The molecule has 1 amide bonds. The molecule has 33 heavy (non-hydrogen) atoms. The van der Waals surface area contributed by atoms with Crippen molar-refractivity contribution in [1.82, 2.24) is 4.90 Å². The third-order valence-corrected chi connectivity index (χ3v) is 7.36. The standard InChI is InChI=1S/C21H33N2O9P/c1-4-5-6-10-28-19(26)14(2)8-11-29-33(27)30-13-16-18(32-33)21(3,22)20(31-16)23-9-7-15(24)12-17(23)25/h7,9,14,16,18,20H,4-6,8,10-13,22H2,1-3H3/t14?,16-,18-,20-,21-,33+/m1/s1. The van der Waals surface area contributed by atoms with Crippen molar-refractivity contribution in [2.24, 2.45) is 11.7 Å². The smallest absolute Gasteiger partial charge is 0.465 e. The zero-order chi connectivity index (χ0) is 24.2. The summed E-state index contributed by atoms with van der Waals surface area (Å²) in [6.07, 6.45) is 2.99. The molecule has 0 aromatic carbocycles. The predicted molar refractivity (Wildman–Crippen MR) is 116 cm³/mol. The largest absolute Gasteiger partial charge is 0.475 e. The number of rotatable bonds is 10. The number of ketones is 1. The fraction of sp³-hybridized carbons (Fsp3) is 0.762. The molecule has 186 valence electrons. The Hall–Kier alpha value is -1.62. The number of amides is 1. The monoisotopic (exact) mass is 488 g/mol. The number of nitrogens with two attached hydrogens (primary N) is 1. The Morgan fingerprint density at radius 2 is 2.12 bits per heavy atom. The Kier molecular flexibility index (Phi) is 8.47. The molecule has 3 aliphatic rings. The van der Waals surface area contributed by atoms with Crippen LogP contribution in [0.5, 0.6) is 0 Å². The molecule has 0 spiro atoms. The molecule has 0 radical (unpaired) electrons. The van der Waals surface area contributed by atoms with E-state index >= 15 is 0 Å². The molecule has 0 saturated carbocycles. The molecule has 2 saturated heterocycles. The molecule has 3 rings (SSSR count). The van der Waals surface area contributed by atoms with E-state index in [0.29, 0.717) is 6.61 Å². The van der Waals surface area contributed by atoms with Crippen LogP contribution in [-0.2, 0) is 42.0 Å². The van der Waals surface area contributed by atoms with Crippen LogP contribution in [0.4, 0.5) is 0 Å². The van der Waals surface area contributed by atoms with Gasteiger partial charge in [0.2, 0.25) is 5.91 Å². The maximum atomic E-state index is 13.0. The molecule has 6 atom stereocenters. The summed E-state index contributed by atoms with van der Waals surface area (Å²) in [5.74, 6) is -1.52. The number of phosphoric ester groups is 1. The molecular weight excluding hydrogens is 455 g/mol. The highest BCUT2D eigenvalue weighted by Gasteiger charge is 2.60. The van der Waals surface area contributed by atoms with Gasteiger partial charge in [-0.3, -0.25) is 32.9 Å². The van der Waals surface area contributed by atoms with Crippen LogP contribution < -0.4 is 5.73 Å². The highest BCUT2D eigenvalue weighted by molar-refractivity contribution is 7.48. The summed E-state index contributed by atoms with van der Waals surface area (Å²) in [5, 5.41) is 0. The third kappa shape index (κ3) is 6.09. The van der Waals surface area contributed by atoms with Crippen molar-refractivity contribution in [1.29, 1.82) is 0 Å². The zero-order valence-corrected chi connectivity index (χ0v) is 20.2. The average molecular weight is 488 g/mol. The maximum absolute atomic E-state index is 13.0. The normalized spacial score (nSPS) is 34.9. The number of ether oxygens (including phenoxy) is 2. The number of hydrogen-bond donors (Lipinski definition) is 1. The number of allylic oxidation sites excluding steroid dienone is 1. The molecule has 2 fully saturated rings. The van der Waals surface area contributed by atoms with Crippen LogP contribution in [0.1, 0.15) is 52.9 Å². The summed E-state index contributed by atoms with van der Waals surface area (Å²) in [5.41, 5.74) is 5.21. The van der Waals surface area contributed by atoms with E-state index in [9.17, 15) is 18.9 Å². The van der Waals surface area contributed by atoms with Crippen LogP contribution in [0.2, 0.25) is 0 Å². The van der Waals surface area contributed by atoms with Gasteiger partial charge in [-0.2, -0.15) is 0 Å². The Morgan fingerprint density at radius 3 is 2.82 bits per heavy atom. The first-order chi connectivity index (χ1) is 15.6. The second-order valence-electron chi connectivity index (χ2n) is 8.82. The summed E-state index contributed by atoms with van der Waals surface area (Å²) in [7, 11) is -3.96. The van der Waals surface area contributed by atoms with E-state index in [1.807, 2.05) is 0 Å². The van der Waals surface area contributed by atoms with Crippen LogP contribution in [0, 0.1) is 5.92 Å². The number of unbranched alkanes of at least 4 members (excludes halogenated alkanes) is 2. The summed E-state index contributed by atoms with van der Waals surface area (Å²) in [6.45, 7) is 5.63. The van der Waals surface area contributed by atoms with E-state index in [2.05, 4.69) is 6.92 Å². The van der Waals surface area contributed by atoms with Crippen molar-refractivity contribution < 1.29 is 42.0 Å². The van der Waals surface area contributed by atoms with Crippen molar-refractivity contribution in [3.05, 3.63) is 12.3 Å². The van der Waals surface area contributed by atoms with Gasteiger partial charge in [-0.25, -0.2) is 4.57 Å². The van der Waals surface area contributed by atoms with Gasteiger partial charge in [0.1, 0.15) is 12.2 Å². The van der Waals surface area contributed by atoms with Gasteiger partial charge < -0.3 is 15.2 Å². The number of fused-ring (bicyclic) bond motifs is 1.